The molecule has 0 atom stereocenters. The molecule has 1 saturated heterocycles. The third-order valence-corrected chi connectivity index (χ3v) is 3.71. The lowest BCUT2D eigenvalue weighted by Crippen LogP contribution is -2.38. The molecule has 20 heavy (non-hydrogen) atoms. The summed E-state index contributed by atoms with van der Waals surface area (Å²) >= 11 is 0. The number of nitrogens with one attached hydrogen (secondary N) is 1. The van der Waals surface area contributed by atoms with E-state index < -0.39 is 0 Å². The SMILES string of the molecule is CCOC1CCN(c2ncccc2CNC(C)C)CC1. The van der Waals surface area contributed by atoms with Gasteiger partial charge in [0.1, 0.15) is 5.82 Å². The summed E-state index contributed by atoms with van der Waals surface area (Å²) in [6.45, 7) is 10.2. The molecule has 1 aliphatic rings. The molecule has 1 N–H and O–H groups in total. The first-order valence-corrected chi connectivity index (χ1v) is 7.74. The van der Waals surface area contributed by atoms with Crippen LogP contribution in [0.5, 0.6) is 0 Å². The van der Waals surface area contributed by atoms with Gasteiger partial charge in [0.2, 0.25) is 0 Å². The van der Waals surface area contributed by atoms with E-state index >= 15 is 0 Å². The normalized spacial score (nSPS) is 16.9. The molecular weight excluding hydrogens is 250 g/mol. The van der Waals surface area contributed by atoms with Gasteiger partial charge in [0, 0.05) is 44.0 Å². The molecule has 0 saturated carbocycles. The highest BCUT2D eigenvalue weighted by Crippen LogP contribution is 2.23. The number of pyridine rings is 1. The van der Waals surface area contributed by atoms with E-state index in [0.717, 1.165) is 44.9 Å². The van der Waals surface area contributed by atoms with Crippen LogP contribution in [-0.2, 0) is 11.3 Å². The van der Waals surface area contributed by atoms with Crippen molar-refractivity contribution in [3.63, 3.8) is 0 Å². The minimum atomic E-state index is 0.428. The standard InChI is InChI=1S/C16H27N3O/c1-4-20-15-7-10-19(11-8-15)16-14(6-5-9-17-16)12-18-13(2)3/h5-6,9,13,15,18H,4,7-8,10-12H2,1-3H3. The molecule has 0 amide bonds. The van der Waals surface area contributed by atoms with Crippen LogP contribution in [0.1, 0.15) is 39.2 Å². The van der Waals surface area contributed by atoms with E-state index in [4.69, 9.17) is 4.74 Å². The molecule has 0 radical (unpaired) electrons. The second kappa shape index (κ2) is 7.60. The molecule has 1 aromatic rings. The fourth-order valence-electron chi connectivity index (χ4n) is 2.64. The number of hydrogen-bond acceptors (Lipinski definition) is 4. The van der Waals surface area contributed by atoms with Crippen molar-refractivity contribution in [1.29, 1.82) is 0 Å². The summed E-state index contributed by atoms with van der Waals surface area (Å²) in [5.74, 6) is 1.13. The zero-order chi connectivity index (χ0) is 14.4. The lowest BCUT2D eigenvalue weighted by atomic mass is 10.1. The van der Waals surface area contributed by atoms with Gasteiger partial charge in [-0.25, -0.2) is 4.98 Å². The second-order valence-electron chi connectivity index (χ2n) is 5.66. The van der Waals surface area contributed by atoms with Crippen molar-refractivity contribution in [3.05, 3.63) is 23.9 Å². The van der Waals surface area contributed by atoms with Crippen LogP contribution in [0, 0.1) is 0 Å². The maximum atomic E-state index is 5.72. The first-order chi connectivity index (χ1) is 9.70. The van der Waals surface area contributed by atoms with E-state index in [1.807, 2.05) is 12.3 Å². The molecule has 2 rings (SSSR count). The van der Waals surface area contributed by atoms with Crippen LogP contribution < -0.4 is 10.2 Å². The Kier molecular flexibility index (Phi) is 5.80. The van der Waals surface area contributed by atoms with Crippen molar-refractivity contribution in [2.75, 3.05) is 24.6 Å². The predicted octanol–water partition coefficient (Wildman–Crippen LogP) is 2.58. The average molecular weight is 277 g/mol. The van der Waals surface area contributed by atoms with Crippen molar-refractivity contribution in [2.45, 2.75) is 52.3 Å². The average Bonchev–Trinajstić information content (AvgIpc) is 2.47. The first-order valence-electron chi connectivity index (χ1n) is 7.74. The van der Waals surface area contributed by atoms with Gasteiger partial charge >= 0.3 is 0 Å². The lowest BCUT2D eigenvalue weighted by molar-refractivity contribution is 0.0458. The number of rotatable bonds is 6. The molecule has 1 aromatic heterocycles. The minimum absolute atomic E-state index is 0.428. The molecule has 4 nitrogen and oxygen atoms in total. The van der Waals surface area contributed by atoms with Crippen LogP contribution in [0.25, 0.3) is 0 Å². The fraction of sp³-hybridized carbons (Fsp3) is 0.688. The summed E-state index contributed by atoms with van der Waals surface area (Å²) in [5, 5.41) is 3.48. The van der Waals surface area contributed by atoms with Gasteiger partial charge in [-0.05, 0) is 25.8 Å². The van der Waals surface area contributed by atoms with Gasteiger partial charge in [0.25, 0.3) is 0 Å². The molecule has 112 valence electrons. The molecule has 2 heterocycles. The van der Waals surface area contributed by atoms with Crippen molar-refractivity contribution in [1.82, 2.24) is 10.3 Å². The van der Waals surface area contributed by atoms with Crippen molar-refractivity contribution >= 4 is 5.82 Å². The van der Waals surface area contributed by atoms with Gasteiger partial charge in [0.05, 0.1) is 6.10 Å². The summed E-state index contributed by atoms with van der Waals surface area (Å²) in [6, 6.07) is 4.69. The number of anilines is 1. The van der Waals surface area contributed by atoms with Crippen molar-refractivity contribution in [3.8, 4) is 0 Å². The predicted molar refractivity (Wildman–Crippen MR) is 83.1 cm³/mol. The van der Waals surface area contributed by atoms with E-state index in [9.17, 15) is 0 Å². The Bertz CT molecular complexity index is 400. The Morgan fingerprint density at radius 3 is 2.80 bits per heavy atom. The first kappa shape index (κ1) is 15.3. The van der Waals surface area contributed by atoms with Crippen molar-refractivity contribution in [2.24, 2.45) is 0 Å². The zero-order valence-electron chi connectivity index (χ0n) is 12.9. The van der Waals surface area contributed by atoms with Gasteiger partial charge in [-0.3, -0.25) is 0 Å². The van der Waals surface area contributed by atoms with Gasteiger partial charge in [-0.15, -0.1) is 0 Å². The Labute approximate surface area is 122 Å². The molecule has 0 bridgehead atoms. The molecule has 0 spiro atoms. The largest absolute Gasteiger partial charge is 0.378 e. The highest BCUT2D eigenvalue weighted by molar-refractivity contribution is 5.47. The Morgan fingerprint density at radius 1 is 1.40 bits per heavy atom. The summed E-state index contributed by atoms with van der Waals surface area (Å²) in [4.78, 5) is 6.99. The molecule has 0 aliphatic carbocycles. The minimum Gasteiger partial charge on any atom is -0.378 e. The van der Waals surface area contributed by atoms with Gasteiger partial charge < -0.3 is 15.0 Å². The Morgan fingerprint density at radius 2 is 2.15 bits per heavy atom. The van der Waals surface area contributed by atoms with E-state index in [0.29, 0.717) is 12.1 Å². The second-order valence-corrected chi connectivity index (χ2v) is 5.66. The number of ether oxygens (including phenoxy) is 1. The van der Waals surface area contributed by atoms with Gasteiger partial charge in [-0.2, -0.15) is 0 Å². The summed E-state index contributed by atoms with van der Waals surface area (Å²) in [5.41, 5.74) is 1.29. The lowest BCUT2D eigenvalue weighted by Gasteiger charge is -2.33. The third-order valence-electron chi connectivity index (χ3n) is 3.71. The maximum absolute atomic E-state index is 5.72. The molecule has 4 heteroatoms. The highest BCUT2D eigenvalue weighted by atomic mass is 16.5. The molecular formula is C16H27N3O. The number of hydrogen-bond donors (Lipinski definition) is 1. The van der Waals surface area contributed by atoms with Crippen molar-refractivity contribution < 1.29 is 4.74 Å². The monoisotopic (exact) mass is 277 g/mol. The Balaban J connectivity index is 1.98. The van der Waals surface area contributed by atoms with Gasteiger partial charge in [-0.1, -0.05) is 19.9 Å². The van der Waals surface area contributed by atoms with E-state index in [-0.39, 0.29) is 0 Å². The van der Waals surface area contributed by atoms with Crippen LogP contribution in [-0.4, -0.2) is 36.8 Å². The van der Waals surface area contributed by atoms with Crippen LogP contribution in [0.3, 0.4) is 0 Å². The molecule has 1 aliphatic heterocycles. The van der Waals surface area contributed by atoms with Gasteiger partial charge in [0.15, 0.2) is 0 Å². The number of piperidine rings is 1. The number of nitrogens with zero attached hydrogens (tertiary/aromatic N) is 2. The topological polar surface area (TPSA) is 37.4 Å². The highest BCUT2D eigenvalue weighted by Gasteiger charge is 2.21. The fourth-order valence-corrected chi connectivity index (χ4v) is 2.64. The van der Waals surface area contributed by atoms with Crippen LogP contribution in [0.15, 0.2) is 18.3 Å². The number of aromatic nitrogens is 1. The summed E-state index contributed by atoms with van der Waals surface area (Å²) < 4.78 is 5.72. The maximum Gasteiger partial charge on any atom is 0.133 e. The smallest absolute Gasteiger partial charge is 0.133 e. The van der Waals surface area contributed by atoms with Crippen LogP contribution >= 0.6 is 0 Å². The van der Waals surface area contributed by atoms with Crippen LogP contribution in [0.2, 0.25) is 0 Å². The van der Waals surface area contributed by atoms with E-state index in [1.165, 1.54) is 5.56 Å². The molecule has 0 unspecified atom stereocenters. The molecule has 0 aromatic carbocycles. The van der Waals surface area contributed by atoms with E-state index in [2.05, 4.69) is 42.0 Å². The summed E-state index contributed by atoms with van der Waals surface area (Å²) in [7, 11) is 0. The third kappa shape index (κ3) is 4.18. The van der Waals surface area contributed by atoms with Crippen LogP contribution in [0.4, 0.5) is 5.82 Å². The molecule has 1 fully saturated rings. The quantitative estimate of drug-likeness (QED) is 0.867. The zero-order valence-corrected chi connectivity index (χ0v) is 12.9. The van der Waals surface area contributed by atoms with E-state index in [1.54, 1.807) is 0 Å². The Hall–Kier alpha value is -1.13. The summed E-state index contributed by atoms with van der Waals surface area (Å²) in [6.07, 6.45) is 4.52.